The average molecular weight is 357 g/mol. The molecule has 0 saturated heterocycles. The topological polar surface area (TPSA) is 71.1 Å². The van der Waals surface area contributed by atoms with Crippen LogP contribution in [-0.4, -0.2) is 16.8 Å². The molecule has 4 rings (SSSR count). The molecule has 132 valence electrons. The second-order valence-electron chi connectivity index (χ2n) is 7.14. The first-order valence-corrected chi connectivity index (χ1v) is 10.0. The number of benzene rings is 1. The highest BCUT2D eigenvalue weighted by molar-refractivity contribution is 7.22. The van der Waals surface area contributed by atoms with Crippen LogP contribution >= 0.6 is 11.3 Å². The zero-order valence-corrected chi connectivity index (χ0v) is 15.0. The zero-order valence-electron chi connectivity index (χ0n) is 14.2. The van der Waals surface area contributed by atoms with E-state index in [1.807, 2.05) is 18.2 Å². The van der Waals surface area contributed by atoms with E-state index in [1.54, 1.807) is 0 Å². The molecule has 0 radical (unpaired) electrons. The molecule has 5 nitrogen and oxygen atoms in total. The number of amides is 2. The van der Waals surface area contributed by atoms with Crippen LogP contribution in [0.4, 0.5) is 10.8 Å². The van der Waals surface area contributed by atoms with Crippen molar-refractivity contribution in [2.45, 2.75) is 51.4 Å². The molecule has 25 heavy (non-hydrogen) atoms. The minimum atomic E-state index is 0.0947. The summed E-state index contributed by atoms with van der Waals surface area (Å²) in [5, 5.41) is 6.60. The Bertz CT molecular complexity index is 791. The molecule has 2 amide bonds. The number of anilines is 2. The summed E-state index contributed by atoms with van der Waals surface area (Å²) in [6, 6.07) is 5.75. The SMILES string of the molecule is O=C(Nc1ccc2sc(NC(=O)C3CCCCC3)nc2c1)C1CCC1. The predicted octanol–water partition coefficient (Wildman–Crippen LogP) is 4.55. The molecule has 2 fully saturated rings. The normalized spacial score (nSPS) is 18.7. The van der Waals surface area contributed by atoms with Crippen LogP contribution in [0.15, 0.2) is 18.2 Å². The fourth-order valence-electron chi connectivity index (χ4n) is 3.55. The molecule has 2 aliphatic carbocycles. The molecule has 1 aromatic heterocycles. The Morgan fingerprint density at radius 1 is 0.920 bits per heavy atom. The van der Waals surface area contributed by atoms with Crippen molar-refractivity contribution in [3.05, 3.63) is 18.2 Å². The minimum Gasteiger partial charge on any atom is -0.326 e. The number of fused-ring (bicyclic) bond motifs is 1. The summed E-state index contributed by atoms with van der Waals surface area (Å²) in [6.07, 6.45) is 8.60. The molecule has 2 N–H and O–H groups in total. The van der Waals surface area contributed by atoms with Crippen molar-refractivity contribution in [2.75, 3.05) is 10.6 Å². The lowest BCUT2D eigenvalue weighted by Crippen LogP contribution is -2.27. The lowest BCUT2D eigenvalue weighted by Gasteiger charge is -2.23. The number of nitrogens with zero attached hydrogens (tertiary/aromatic N) is 1. The van der Waals surface area contributed by atoms with Crippen LogP contribution in [0.3, 0.4) is 0 Å². The lowest BCUT2D eigenvalue weighted by molar-refractivity contribution is -0.122. The number of carbonyl (C=O) groups is 2. The van der Waals surface area contributed by atoms with Crippen LogP contribution in [0.2, 0.25) is 0 Å². The molecule has 0 aliphatic heterocycles. The van der Waals surface area contributed by atoms with E-state index in [1.165, 1.54) is 17.8 Å². The van der Waals surface area contributed by atoms with E-state index in [0.717, 1.165) is 60.8 Å². The molecule has 0 bridgehead atoms. The fourth-order valence-corrected chi connectivity index (χ4v) is 4.39. The molecule has 2 aliphatic rings. The first-order chi connectivity index (χ1) is 12.2. The summed E-state index contributed by atoms with van der Waals surface area (Å²) in [4.78, 5) is 29.0. The van der Waals surface area contributed by atoms with Crippen molar-refractivity contribution in [1.29, 1.82) is 0 Å². The maximum absolute atomic E-state index is 12.4. The molecule has 1 aromatic carbocycles. The van der Waals surface area contributed by atoms with E-state index < -0.39 is 0 Å². The van der Waals surface area contributed by atoms with Gasteiger partial charge in [0.1, 0.15) is 0 Å². The van der Waals surface area contributed by atoms with Gasteiger partial charge in [0.15, 0.2) is 5.13 Å². The first-order valence-electron chi connectivity index (χ1n) is 9.21. The first kappa shape index (κ1) is 16.5. The van der Waals surface area contributed by atoms with Gasteiger partial charge in [-0.1, -0.05) is 37.0 Å². The summed E-state index contributed by atoms with van der Waals surface area (Å²) in [5.41, 5.74) is 1.59. The van der Waals surface area contributed by atoms with Crippen LogP contribution in [0.25, 0.3) is 10.2 Å². The quantitative estimate of drug-likeness (QED) is 0.843. The number of aromatic nitrogens is 1. The van der Waals surface area contributed by atoms with Gasteiger partial charge in [-0.2, -0.15) is 0 Å². The van der Waals surface area contributed by atoms with Crippen molar-refractivity contribution in [3.63, 3.8) is 0 Å². The van der Waals surface area contributed by atoms with Crippen molar-refractivity contribution in [1.82, 2.24) is 4.98 Å². The minimum absolute atomic E-state index is 0.0947. The highest BCUT2D eigenvalue weighted by Crippen LogP contribution is 2.31. The smallest absolute Gasteiger partial charge is 0.229 e. The van der Waals surface area contributed by atoms with Crippen molar-refractivity contribution >= 4 is 44.2 Å². The Labute approximate surface area is 151 Å². The van der Waals surface area contributed by atoms with Gasteiger partial charge in [-0.25, -0.2) is 4.98 Å². The molecule has 0 spiro atoms. The van der Waals surface area contributed by atoms with Gasteiger partial charge in [0.25, 0.3) is 0 Å². The Kier molecular flexibility index (Phi) is 4.70. The Balaban J connectivity index is 1.44. The maximum Gasteiger partial charge on any atom is 0.229 e. The summed E-state index contributed by atoms with van der Waals surface area (Å²) in [6.45, 7) is 0. The number of nitrogens with one attached hydrogen (secondary N) is 2. The summed E-state index contributed by atoms with van der Waals surface area (Å²) >= 11 is 1.48. The van der Waals surface area contributed by atoms with Crippen LogP contribution < -0.4 is 10.6 Å². The number of hydrogen-bond acceptors (Lipinski definition) is 4. The van der Waals surface area contributed by atoms with E-state index in [-0.39, 0.29) is 23.7 Å². The van der Waals surface area contributed by atoms with E-state index >= 15 is 0 Å². The highest BCUT2D eigenvalue weighted by Gasteiger charge is 2.25. The fraction of sp³-hybridized carbons (Fsp3) is 0.526. The highest BCUT2D eigenvalue weighted by atomic mass is 32.1. The third kappa shape index (κ3) is 3.68. The van der Waals surface area contributed by atoms with Gasteiger partial charge in [-0.15, -0.1) is 0 Å². The number of rotatable bonds is 4. The Hall–Kier alpha value is -1.95. The molecule has 2 saturated carbocycles. The van der Waals surface area contributed by atoms with Crippen LogP contribution in [-0.2, 0) is 9.59 Å². The van der Waals surface area contributed by atoms with Crippen LogP contribution in [0, 0.1) is 11.8 Å². The van der Waals surface area contributed by atoms with E-state index in [9.17, 15) is 9.59 Å². The van der Waals surface area contributed by atoms with Gasteiger partial charge in [0, 0.05) is 17.5 Å². The Morgan fingerprint density at radius 3 is 2.28 bits per heavy atom. The second kappa shape index (κ2) is 7.12. The zero-order chi connectivity index (χ0) is 17.2. The average Bonchev–Trinajstić information content (AvgIpc) is 2.95. The summed E-state index contributed by atoms with van der Waals surface area (Å²) in [7, 11) is 0. The molecule has 1 heterocycles. The van der Waals surface area contributed by atoms with Gasteiger partial charge in [0.05, 0.1) is 10.2 Å². The van der Waals surface area contributed by atoms with E-state index in [4.69, 9.17) is 0 Å². The van der Waals surface area contributed by atoms with Crippen LogP contribution in [0.1, 0.15) is 51.4 Å². The van der Waals surface area contributed by atoms with Crippen molar-refractivity contribution < 1.29 is 9.59 Å². The summed E-state index contributed by atoms with van der Waals surface area (Å²) < 4.78 is 1.01. The van der Waals surface area contributed by atoms with Gasteiger partial charge >= 0.3 is 0 Å². The van der Waals surface area contributed by atoms with Gasteiger partial charge in [-0.3, -0.25) is 9.59 Å². The third-order valence-electron chi connectivity index (χ3n) is 5.34. The predicted molar refractivity (Wildman–Crippen MR) is 101 cm³/mol. The monoisotopic (exact) mass is 357 g/mol. The standard InChI is InChI=1S/C19H23N3O2S/c23-17(13-7-4-8-13)20-14-9-10-16-15(11-14)21-19(25-16)22-18(24)12-5-2-1-3-6-12/h9-13H,1-8H2,(H,20,23)(H,21,22,24). The second-order valence-corrected chi connectivity index (χ2v) is 8.17. The largest absolute Gasteiger partial charge is 0.326 e. The maximum atomic E-state index is 12.4. The van der Waals surface area contributed by atoms with Crippen LogP contribution in [0.5, 0.6) is 0 Å². The summed E-state index contributed by atoms with van der Waals surface area (Å²) in [5.74, 6) is 0.485. The lowest BCUT2D eigenvalue weighted by atomic mass is 9.85. The number of hydrogen-bond donors (Lipinski definition) is 2. The van der Waals surface area contributed by atoms with E-state index in [2.05, 4.69) is 15.6 Å². The van der Waals surface area contributed by atoms with Gasteiger partial charge in [-0.05, 0) is 43.9 Å². The molecule has 0 atom stereocenters. The van der Waals surface area contributed by atoms with Gasteiger partial charge in [0.2, 0.25) is 11.8 Å². The van der Waals surface area contributed by atoms with Crippen molar-refractivity contribution in [2.24, 2.45) is 11.8 Å². The molecule has 6 heteroatoms. The van der Waals surface area contributed by atoms with Crippen molar-refractivity contribution in [3.8, 4) is 0 Å². The molecular weight excluding hydrogens is 334 g/mol. The third-order valence-corrected chi connectivity index (χ3v) is 6.29. The van der Waals surface area contributed by atoms with Gasteiger partial charge < -0.3 is 10.6 Å². The number of carbonyl (C=O) groups excluding carboxylic acids is 2. The molecular formula is C19H23N3O2S. The van der Waals surface area contributed by atoms with E-state index in [0.29, 0.717) is 5.13 Å². The molecule has 2 aromatic rings. The number of thiazole rings is 1. The molecule has 0 unspecified atom stereocenters. The Morgan fingerprint density at radius 2 is 1.60 bits per heavy atom.